The van der Waals surface area contributed by atoms with Crippen molar-refractivity contribution in [1.29, 1.82) is 0 Å². The molecule has 1 atom stereocenters. The van der Waals surface area contributed by atoms with Crippen molar-refractivity contribution in [2.45, 2.75) is 30.7 Å². The number of benzene rings is 2. The molecule has 0 amide bonds. The van der Waals surface area contributed by atoms with Gasteiger partial charge in [-0.2, -0.15) is 0 Å². The van der Waals surface area contributed by atoms with E-state index < -0.39 is 10.0 Å². The zero-order valence-electron chi connectivity index (χ0n) is 13.9. The SMILES string of the molecule is C[C@H](Cc1csc2ccccc12)NS(=O)(=O)c1ccc2c(c1)CCO2. The molecule has 0 unspecified atom stereocenters. The minimum absolute atomic E-state index is 0.187. The van der Waals surface area contributed by atoms with Crippen LogP contribution in [0.15, 0.2) is 52.7 Å². The molecule has 4 nitrogen and oxygen atoms in total. The van der Waals surface area contributed by atoms with Gasteiger partial charge in [0, 0.05) is 17.2 Å². The molecule has 1 N–H and O–H groups in total. The molecule has 4 rings (SSSR count). The van der Waals surface area contributed by atoms with E-state index in [1.165, 1.54) is 15.6 Å². The summed E-state index contributed by atoms with van der Waals surface area (Å²) < 4.78 is 34.8. The maximum atomic E-state index is 12.7. The number of hydrogen-bond acceptors (Lipinski definition) is 4. The first kappa shape index (κ1) is 16.6. The summed E-state index contributed by atoms with van der Waals surface area (Å²) in [5.41, 5.74) is 2.14. The number of hydrogen-bond donors (Lipinski definition) is 1. The molecule has 1 aliphatic rings. The Hall–Kier alpha value is -1.89. The van der Waals surface area contributed by atoms with Crippen molar-refractivity contribution < 1.29 is 13.2 Å². The van der Waals surface area contributed by atoms with Gasteiger partial charge in [-0.15, -0.1) is 11.3 Å². The quantitative estimate of drug-likeness (QED) is 0.741. The molecule has 6 heteroatoms. The number of ether oxygens (including phenoxy) is 1. The molecule has 25 heavy (non-hydrogen) atoms. The molecule has 0 radical (unpaired) electrons. The van der Waals surface area contributed by atoms with Crippen molar-refractivity contribution in [1.82, 2.24) is 4.72 Å². The third kappa shape index (κ3) is 3.29. The number of rotatable bonds is 5. The maximum absolute atomic E-state index is 12.7. The van der Waals surface area contributed by atoms with Crippen LogP contribution in [-0.4, -0.2) is 21.1 Å². The molecule has 0 fully saturated rings. The Balaban J connectivity index is 1.52. The Morgan fingerprint density at radius 2 is 2.08 bits per heavy atom. The molecular formula is C19H19NO3S2. The molecule has 0 spiro atoms. The Morgan fingerprint density at radius 3 is 2.96 bits per heavy atom. The first-order valence-corrected chi connectivity index (χ1v) is 10.6. The van der Waals surface area contributed by atoms with Gasteiger partial charge < -0.3 is 4.74 Å². The summed E-state index contributed by atoms with van der Waals surface area (Å²) in [4.78, 5) is 0.304. The van der Waals surface area contributed by atoms with E-state index in [0.29, 0.717) is 17.9 Å². The van der Waals surface area contributed by atoms with Gasteiger partial charge >= 0.3 is 0 Å². The predicted molar refractivity (Wildman–Crippen MR) is 101 cm³/mol. The summed E-state index contributed by atoms with van der Waals surface area (Å²) in [6.45, 7) is 2.52. The molecule has 130 valence electrons. The van der Waals surface area contributed by atoms with Gasteiger partial charge in [-0.05, 0) is 59.5 Å². The highest BCUT2D eigenvalue weighted by atomic mass is 32.2. The van der Waals surface area contributed by atoms with Crippen LogP contribution in [-0.2, 0) is 22.9 Å². The minimum atomic E-state index is -3.54. The zero-order valence-corrected chi connectivity index (χ0v) is 15.5. The largest absolute Gasteiger partial charge is 0.493 e. The lowest BCUT2D eigenvalue weighted by molar-refractivity contribution is 0.356. The van der Waals surface area contributed by atoms with Gasteiger partial charge in [0.25, 0.3) is 0 Å². The summed E-state index contributed by atoms with van der Waals surface area (Å²) >= 11 is 1.69. The van der Waals surface area contributed by atoms with Crippen molar-refractivity contribution >= 4 is 31.4 Å². The van der Waals surface area contributed by atoms with E-state index in [1.807, 2.05) is 19.1 Å². The first-order valence-electron chi connectivity index (χ1n) is 8.26. The molecule has 2 heterocycles. The van der Waals surface area contributed by atoms with Gasteiger partial charge in [0.1, 0.15) is 5.75 Å². The fraction of sp³-hybridized carbons (Fsp3) is 0.263. The van der Waals surface area contributed by atoms with Gasteiger partial charge in [0.05, 0.1) is 11.5 Å². The van der Waals surface area contributed by atoms with E-state index in [2.05, 4.69) is 22.2 Å². The van der Waals surface area contributed by atoms with Crippen LogP contribution < -0.4 is 9.46 Å². The van der Waals surface area contributed by atoms with Crippen LogP contribution in [0.25, 0.3) is 10.1 Å². The standard InChI is InChI=1S/C19H19NO3S2/c1-13(10-15-12-24-19-5-3-2-4-17(15)19)20-25(21,22)16-6-7-18-14(11-16)8-9-23-18/h2-7,11-13,20H,8-10H2,1H3/t13-/m1/s1. The minimum Gasteiger partial charge on any atom is -0.493 e. The fourth-order valence-corrected chi connectivity index (χ4v) is 5.49. The third-order valence-corrected chi connectivity index (χ3v) is 7.01. The van der Waals surface area contributed by atoms with Gasteiger partial charge in [-0.1, -0.05) is 18.2 Å². The maximum Gasteiger partial charge on any atom is 0.240 e. The van der Waals surface area contributed by atoms with Gasteiger partial charge in [-0.3, -0.25) is 0 Å². The first-order chi connectivity index (χ1) is 12.0. The van der Waals surface area contributed by atoms with Crippen LogP contribution in [0.1, 0.15) is 18.1 Å². The lowest BCUT2D eigenvalue weighted by Crippen LogP contribution is -2.34. The second kappa shape index (κ2) is 6.44. The second-order valence-electron chi connectivity index (χ2n) is 6.35. The molecule has 1 aromatic heterocycles. The van der Waals surface area contributed by atoms with E-state index in [0.717, 1.165) is 17.7 Å². The van der Waals surface area contributed by atoms with Crippen LogP contribution in [0, 0.1) is 0 Å². The van der Waals surface area contributed by atoms with Gasteiger partial charge in [-0.25, -0.2) is 13.1 Å². The van der Waals surface area contributed by atoms with Crippen LogP contribution in [0.2, 0.25) is 0 Å². The molecule has 0 bridgehead atoms. The molecule has 2 aromatic carbocycles. The van der Waals surface area contributed by atoms with Gasteiger partial charge in [0.15, 0.2) is 0 Å². The fourth-order valence-electron chi connectivity index (χ4n) is 3.23. The molecular weight excluding hydrogens is 354 g/mol. The lowest BCUT2D eigenvalue weighted by Gasteiger charge is -2.14. The Morgan fingerprint density at radius 1 is 1.24 bits per heavy atom. The number of sulfonamides is 1. The van der Waals surface area contributed by atoms with Crippen molar-refractivity contribution in [2.75, 3.05) is 6.61 Å². The summed E-state index contributed by atoms with van der Waals surface area (Å²) in [5.74, 6) is 0.789. The monoisotopic (exact) mass is 373 g/mol. The molecule has 0 saturated carbocycles. The van der Waals surface area contributed by atoms with E-state index in [1.54, 1.807) is 29.5 Å². The topological polar surface area (TPSA) is 55.4 Å². The lowest BCUT2D eigenvalue weighted by atomic mass is 10.1. The van der Waals surface area contributed by atoms with Crippen LogP contribution in [0.5, 0.6) is 5.75 Å². The van der Waals surface area contributed by atoms with Gasteiger partial charge in [0.2, 0.25) is 10.0 Å². The second-order valence-corrected chi connectivity index (χ2v) is 8.98. The van der Waals surface area contributed by atoms with E-state index in [9.17, 15) is 8.42 Å². The van der Waals surface area contributed by atoms with Crippen molar-refractivity contribution in [2.24, 2.45) is 0 Å². The highest BCUT2D eigenvalue weighted by molar-refractivity contribution is 7.89. The average Bonchev–Trinajstić information content (AvgIpc) is 3.21. The number of thiophene rings is 1. The zero-order chi connectivity index (χ0) is 17.4. The van der Waals surface area contributed by atoms with Crippen LogP contribution in [0.3, 0.4) is 0 Å². The Kier molecular flexibility index (Phi) is 4.27. The smallest absolute Gasteiger partial charge is 0.240 e. The summed E-state index contributed by atoms with van der Waals surface area (Å²) in [7, 11) is -3.54. The van der Waals surface area contributed by atoms with Crippen LogP contribution >= 0.6 is 11.3 Å². The van der Waals surface area contributed by atoms with E-state index in [-0.39, 0.29) is 6.04 Å². The number of fused-ring (bicyclic) bond motifs is 2. The highest BCUT2D eigenvalue weighted by Gasteiger charge is 2.21. The Labute approximate surface area is 151 Å². The Bertz CT molecular complexity index is 1020. The third-order valence-electron chi connectivity index (χ3n) is 4.41. The highest BCUT2D eigenvalue weighted by Crippen LogP contribution is 2.29. The van der Waals surface area contributed by atoms with Crippen molar-refractivity contribution in [3.05, 3.63) is 59.0 Å². The number of nitrogens with one attached hydrogen (secondary N) is 1. The van der Waals surface area contributed by atoms with E-state index in [4.69, 9.17) is 4.74 Å². The van der Waals surface area contributed by atoms with E-state index >= 15 is 0 Å². The molecule has 3 aromatic rings. The van der Waals surface area contributed by atoms with Crippen molar-refractivity contribution in [3.8, 4) is 5.75 Å². The average molecular weight is 373 g/mol. The molecule has 0 aliphatic carbocycles. The normalized spacial score (nSPS) is 15.1. The van der Waals surface area contributed by atoms with Crippen LogP contribution in [0.4, 0.5) is 0 Å². The summed E-state index contributed by atoms with van der Waals surface area (Å²) in [5, 5.41) is 3.32. The summed E-state index contributed by atoms with van der Waals surface area (Å²) in [6, 6.07) is 13.1. The molecule has 1 aliphatic heterocycles. The predicted octanol–water partition coefficient (Wildman–Crippen LogP) is 3.75. The molecule has 0 saturated heterocycles. The van der Waals surface area contributed by atoms with Crippen molar-refractivity contribution in [3.63, 3.8) is 0 Å². The summed E-state index contributed by atoms with van der Waals surface area (Å²) in [6.07, 6.45) is 1.42.